The van der Waals surface area contributed by atoms with E-state index < -0.39 is 5.91 Å². The molecule has 0 spiro atoms. The lowest BCUT2D eigenvalue weighted by Crippen LogP contribution is -2.50. The molecule has 0 aliphatic carbocycles. The Morgan fingerprint density at radius 3 is 2.57 bits per heavy atom. The van der Waals surface area contributed by atoms with Gasteiger partial charge in [-0.1, -0.05) is 19.1 Å². The number of nitrogens with zero attached hydrogens (tertiary/aromatic N) is 4. The van der Waals surface area contributed by atoms with E-state index in [1.54, 1.807) is 20.3 Å². The second-order valence-electron chi connectivity index (χ2n) is 9.93. The summed E-state index contributed by atoms with van der Waals surface area (Å²) in [7, 11) is 3.45. The summed E-state index contributed by atoms with van der Waals surface area (Å²) in [5.74, 6) is 0.329. The van der Waals surface area contributed by atoms with Gasteiger partial charge in [0.1, 0.15) is 5.82 Å². The molecule has 4 rings (SSSR count). The van der Waals surface area contributed by atoms with Gasteiger partial charge in [-0.2, -0.15) is 0 Å². The maximum Gasteiger partial charge on any atom is 0.317 e. The molecule has 0 radical (unpaired) electrons. The lowest BCUT2D eigenvalue weighted by atomic mass is 9.75. The molecule has 1 aromatic carbocycles. The Hall–Kier alpha value is -3.40. The quantitative estimate of drug-likeness (QED) is 0.499. The van der Waals surface area contributed by atoms with Crippen molar-refractivity contribution >= 4 is 29.3 Å². The van der Waals surface area contributed by atoms with Crippen LogP contribution in [-0.2, 0) is 5.41 Å². The van der Waals surface area contributed by atoms with Crippen molar-refractivity contribution in [1.82, 2.24) is 25.5 Å². The number of hydrogen-bond donors (Lipinski definition) is 4. The number of rotatable bonds is 6. The summed E-state index contributed by atoms with van der Waals surface area (Å²) < 4.78 is 0. The zero-order valence-electron chi connectivity index (χ0n) is 20.8. The van der Waals surface area contributed by atoms with E-state index in [2.05, 4.69) is 44.9 Å². The van der Waals surface area contributed by atoms with Crippen LogP contribution in [-0.4, -0.2) is 73.1 Å². The molecule has 2 aliphatic heterocycles. The van der Waals surface area contributed by atoms with E-state index in [4.69, 9.17) is 10.7 Å². The van der Waals surface area contributed by atoms with Gasteiger partial charge in [-0.05, 0) is 61.9 Å². The molecule has 10 nitrogen and oxygen atoms in total. The van der Waals surface area contributed by atoms with Crippen LogP contribution < -0.4 is 26.6 Å². The fraction of sp³-hybridized carbons (Fsp3) is 0.520. The van der Waals surface area contributed by atoms with Gasteiger partial charge in [-0.25, -0.2) is 14.8 Å². The second-order valence-corrected chi connectivity index (χ2v) is 9.93. The number of benzene rings is 1. The van der Waals surface area contributed by atoms with Crippen LogP contribution in [0.2, 0.25) is 0 Å². The molecule has 188 valence electrons. The van der Waals surface area contributed by atoms with Gasteiger partial charge < -0.3 is 31.5 Å². The molecule has 0 bridgehead atoms. The third-order valence-corrected chi connectivity index (χ3v) is 7.02. The monoisotopic (exact) mass is 480 g/mol. The standard InChI is InChI=1S/C25H36N8O2/c1-25(10-12-27-13-11-25)17-6-8-18(9-7-17)29-23-21(22(26)34)28-15-20(31-23)33-14-4-5-19(16-33)30-24(35)32(2)3/h6-9,15,19,27H,4-5,10-14,16H2,1-3H3,(H2,26,34)(H,29,31)(H,30,35)/t19-/m1/s1. The molecule has 0 saturated carbocycles. The van der Waals surface area contributed by atoms with Crippen molar-refractivity contribution in [3.05, 3.63) is 41.7 Å². The molecule has 2 saturated heterocycles. The van der Waals surface area contributed by atoms with Gasteiger partial charge in [0.2, 0.25) is 0 Å². The molecule has 0 unspecified atom stereocenters. The number of hydrogen-bond acceptors (Lipinski definition) is 7. The van der Waals surface area contributed by atoms with Gasteiger partial charge in [-0.3, -0.25) is 4.79 Å². The van der Waals surface area contributed by atoms with Crippen molar-refractivity contribution in [2.45, 2.75) is 44.1 Å². The van der Waals surface area contributed by atoms with Crippen LogP contribution in [0.5, 0.6) is 0 Å². The fourth-order valence-corrected chi connectivity index (χ4v) is 4.77. The summed E-state index contributed by atoms with van der Waals surface area (Å²) in [6.07, 6.45) is 5.59. The zero-order valence-corrected chi connectivity index (χ0v) is 20.8. The minimum Gasteiger partial charge on any atom is -0.364 e. The van der Waals surface area contributed by atoms with Gasteiger partial charge in [0, 0.05) is 38.9 Å². The molecule has 5 N–H and O–H groups in total. The van der Waals surface area contributed by atoms with Crippen molar-refractivity contribution in [1.29, 1.82) is 0 Å². The van der Waals surface area contributed by atoms with E-state index in [9.17, 15) is 9.59 Å². The van der Waals surface area contributed by atoms with Crippen molar-refractivity contribution in [2.75, 3.05) is 50.5 Å². The van der Waals surface area contributed by atoms with Crippen LogP contribution in [0.1, 0.15) is 48.7 Å². The minimum atomic E-state index is -0.639. The number of anilines is 3. The first-order valence-electron chi connectivity index (χ1n) is 12.2. The highest BCUT2D eigenvalue weighted by Gasteiger charge is 2.28. The molecule has 10 heteroatoms. The molecule has 2 fully saturated rings. The van der Waals surface area contributed by atoms with E-state index in [0.29, 0.717) is 18.2 Å². The van der Waals surface area contributed by atoms with E-state index in [1.165, 1.54) is 10.5 Å². The van der Waals surface area contributed by atoms with Crippen LogP contribution in [0.3, 0.4) is 0 Å². The number of carbonyl (C=O) groups is 2. The van der Waals surface area contributed by atoms with Crippen LogP contribution in [0.15, 0.2) is 30.5 Å². The number of aromatic nitrogens is 2. The minimum absolute atomic E-state index is 0.0107. The average molecular weight is 481 g/mol. The first-order valence-corrected chi connectivity index (χ1v) is 12.2. The first-order chi connectivity index (χ1) is 16.7. The molecule has 2 aliphatic rings. The molecule has 3 heterocycles. The highest BCUT2D eigenvalue weighted by molar-refractivity contribution is 5.96. The first kappa shape index (κ1) is 24.7. The Morgan fingerprint density at radius 2 is 1.91 bits per heavy atom. The number of nitrogens with two attached hydrogens (primary N) is 1. The van der Waals surface area contributed by atoms with Crippen LogP contribution in [0, 0.1) is 0 Å². The zero-order chi connectivity index (χ0) is 25.0. The summed E-state index contributed by atoms with van der Waals surface area (Å²) in [4.78, 5) is 36.8. The van der Waals surface area contributed by atoms with E-state index in [0.717, 1.165) is 51.0 Å². The van der Waals surface area contributed by atoms with Gasteiger partial charge in [0.15, 0.2) is 11.5 Å². The highest BCUT2D eigenvalue weighted by atomic mass is 16.2. The van der Waals surface area contributed by atoms with E-state index in [-0.39, 0.29) is 23.2 Å². The van der Waals surface area contributed by atoms with Crippen LogP contribution >= 0.6 is 0 Å². The molecule has 1 atom stereocenters. The highest BCUT2D eigenvalue weighted by Crippen LogP contribution is 2.34. The number of amides is 3. The van der Waals surface area contributed by atoms with Gasteiger partial charge in [-0.15, -0.1) is 0 Å². The Kier molecular flexibility index (Phi) is 7.39. The van der Waals surface area contributed by atoms with Crippen molar-refractivity contribution in [3.8, 4) is 0 Å². The topological polar surface area (TPSA) is 129 Å². The number of piperidine rings is 2. The second kappa shape index (κ2) is 10.5. The number of carbonyl (C=O) groups excluding carboxylic acids is 2. The molecule has 1 aromatic heterocycles. The summed E-state index contributed by atoms with van der Waals surface area (Å²) in [5, 5.41) is 9.71. The fourth-order valence-electron chi connectivity index (χ4n) is 4.77. The lowest BCUT2D eigenvalue weighted by molar-refractivity contribution is 0.0996. The smallest absolute Gasteiger partial charge is 0.317 e. The van der Waals surface area contributed by atoms with Crippen LogP contribution in [0.25, 0.3) is 0 Å². The van der Waals surface area contributed by atoms with Gasteiger partial charge in [0.05, 0.1) is 6.20 Å². The summed E-state index contributed by atoms with van der Waals surface area (Å²) >= 11 is 0. The Morgan fingerprint density at radius 1 is 1.20 bits per heavy atom. The van der Waals surface area contributed by atoms with Gasteiger partial charge >= 0.3 is 6.03 Å². The molecule has 3 amide bonds. The largest absolute Gasteiger partial charge is 0.364 e. The number of primary amides is 1. The lowest BCUT2D eigenvalue weighted by Gasteiger charge is -2.35. The van der Waals surface area contributed by atoms with Crippen molar-refractivity contribution in [2.24, 2.45) is 5.73 Å². The maximum absolute atomic E-state index is 12.1. The summed E-state index contributed by atoms with van der Waals surface area (Å²) in [6.45, 7) is 5.77. The third kappa shape index (κ3) is 5.82. The summed E-state index contributed by atoms with van der Waals surface area (Å²) in [5.41, 5.74) is 7.96. The number of urea groups is 1. The summed E-state index contributed by atoms with van der Waals surface area (Å²) in [6, 6.07) is 8.19. The SMILES string of the molecule is CN(C)C(=O)N[C@@H]1CCCN(c2cnc(C(N)=O)c(Nc3ccc(C4(C)CCNCC4)cc3)n2)C1. The van der Waals surface area contributed by atoms with E-state index in [1.807, 2.05) is 12.1 Å². The molecule has 35 heavy (non-hydrogen) atoms. The average Bonchev–Trinajstić information content (AvgIpc) is 2.85. The Labute approximate surface area is 206 Å². The van der Waals surface area contributed by atoms with Crippen molar-refractivity contribution in [3.63, 3.8) is 0 Å². The Bertz CT molecular complexity index is 1050. The van der Waals surface area contributed by atoms with E-state index >= 15 is 0 Å². The molecular formula is C25H36N8O2. The predicted molar refractivity (Wildman–Crippen MR) is 137 cm³/mol. The molecule has 2 aromatic rings. The maximum atomic E-state index is 12.1. The van der Waals surface area contributed by atoms with Crippen molar-refractivity contribution < 1.29 is 9.59 Å². The molecular weight excluding hydrogens is 444 g/mol. The number of nitrogens with one attached hydrogen (secondary N) is 3. The predicted octanol–water partition coefficient (Wildman–Crippen LogP) is 2.20. The third-order valence-electron chi connectivity index (χ3n) is 7.02. The normalized spacial score (nSPS) is 19.6. The Balaban J connectivity index is 1.51. The van der Waals surface area contributed by atoms with Crippen LogP contribution in [0.4, 0.5) is 22.1 Å². The van der Waals surface area contributed by atoms with Gasteiger partial charge in [0.25, 0.3) is 5.91 Å².